The maximum absolute atomic E-state index is 6.33. The van der Waals surface area contributed by atoms with Gasteiger partial charge in [-0.1, -0.05) is 23.7 Å². The van der Waals surface area contributed by atoms with Crippen molar-refractivity contribution in [2.45, 2.75) is 32.4 Å². The van der Waals surface area contributed by atoms with Gasteiger partial charge in [0.25, 0.3) is 0 Å². The van der Waals surface area contributed by atoms with Crippen molar-refractivity contribution in [2.24, 2.45) is 0 Å². The molecule has 2 aliphatic heterocycles. The summed E-state index contributed by atoms with van der Waals surface area (Å²) in [5.74, 6) is 0. The lowest BCUT2D eigenvalue weighted by Crippen LogP contribution is -2.39. The van der Waals surface area contributed by atoms with Gasteiger partial charge in [-0.2, -0.15) is 0 Å². The van der Waals surface area contributed by atoms with E-state index in [9.17, 15) is 0 Å². The summed E-state index contributed by atoms with van der Waals surface area (Å²) in [4.78, 5) is 9.53. The summed E-state index contributed by atoms with van der Waals surface area (Å²) in [6.07, 6.45) is 2.90. The molecule has 8 heteroatoms. The first-order valence-corrected chi connectivity index (χ1v) is 13.0. The number of thiocarbonyl (C=S) groups is 1. The first-order valence-electron chi connectivity index (χ1n) is 12.3. The highest BCUT2D eigenvalue weighted by Crippen LogP contribution is 2.41. The van der Waals surface area contributed by atoms with Crippen LogP contribution in [0.4, 0.5) is 0 Å². The topological polar surface area (TPSA) is 45.6 Å². The number of aryl methyl sites for hydroxylation is 1. The standard InChI is InChI=1S/C27H32ClN5OS/c1-19-17-23(20(2)33(19)22-8-5-7-21(28)18-22)26-25(24-9-3-4-10-29-24)30-27(35)32(26)12-6-11-31-13-15-34-16-14-31/h3-5,7-10,17-18,25-26H,6,11-16H2,1-2H3,(H,30,35)/t25-,26+/m0/s1. The lowest BCUT2D eigenvalue weighted by Gasteiger charge is -2.30. The Hall–Kier alpha value is -2.45. The highest BCUT2D eigenvalue weighted by Gasteiger charge is 2.41. The van der Waals surface area contributed by atoms with Crippen molar-refractivity contribution in [1.29, 1.82) is 0 Å². The van der Waals surface area contributed by atoms with Crippen LogP contribution in [0.1, 0.15) is 41.1 Å². The number of pyridine rings is 1. The normalized spacial score (nSPS) is 20.9. The molecule has 0 radical (unpaired) electrons. The molecule has 2 saturated heterocycles. The van der Waals surface area contributed by atoms with Gasteiger partial charge < -0.3 is 19.5 Å². The quantitative estimate of drug-likeness (QED) is 0.460. The van der Waals surface area contributed by atoms with Gasteiger partial charge in [-0.15, -0.1) is 0 Å². The molecule has 2 aromatic heterocycles. The fourth-order valence-corrected chi connectivity index (χ4v) is 5.89. The van der Waals surface area contributed by atoms with Gasteiger partial charge in [-0.05, 0) is 74.4 Å². The molecule has 0 amide bonds. The van der Waals surface area contributed by atoms with E-state index in [1.54, 1.807) is 0 Å². The molecule has 5 rings (SSSR count). The molecule has 35 heavy (non-hydrogen) atoms. The van der Waals surface area contributed by atoms with E-state index in [0.717, 1.165) is 67.3 Å². The Morgan fingerprint density at radius 3 is 2.66 bits per heavy atom. The van der Waals surface area contributed by atoms with Crippen molar-refractivity contribution in [1.82, 2.24) is 24.7 Å². The average molecular weight is 510 g/mol. The number of nitrogens with one attached hydrogen (secondary N) is 1. The van der Waals surface area contributed by atoms with Crippen molar-refractivity contribution in [3.63, 3.8) is 0 Å². The van der Waals surface area contributed by atoms with Crippen LogP contribution in [0.3, 0.4) is 0 Å². The number of ether oxygens (including phenoxy) is 1. The van der Waals surface area contributed by atoms with Crippen LogP contribution in [0.25, 0.3) is 5.69 Å². The minimum absolute atomic E-state index is 0.0135. The van der Waals surface area contributed by atoms with Gasteiger partial charge in [-0.3, -0.25) is 9.88 Å². The third-order valence-corrected chi connectivity index (χ3v) is 7.62. The summed E-state index contributed by atoms with van der Waals surface area (Å²) in [5.41, 5.74) is 5.70. The van der Waals surface area contributed by atoms with Gasteiger partial charge in [0.05, 0.1) is 31.0 Å². The monoisotopic (exact) mass is 509 g/mol. The third kappa shape index (κ3) is 5.09. The molecule has 2 aliphatic rings. The van der Waals surface area contributed by atoms with Crippen LogP contribution in [0.5, 0.6) is 0 Å². The van der Waals surface area contributed by atoms with E-state index in [0.29, 0.717) is 0 Å². The van der Waals surface area contributed by atoms with Crippen molar-refractivity contribution in [2.75, 3.05) is 39.4 Å². The first-order chi connectivity index (χ1) is 17.0. The van der Waals surface area contributed by atoms with E-state index in [-0.39, 0.29) is 12.1 Å². The summed E-state index contributed by atoms with van der Waals surface area (Å²) in [6.45, 7) is 9.92. The average Bonchev–Trinajstić information content (AvgIpc) is 3.35. The second kappa shape index (κ2) is 10.7. The molecular formula is C27H32ClN5OS. The van der Waals surface area contributed by atoms with Gasteiger partial charge in [-0.25, -0.2) is 0 Å². The number of rotatable bonds is 7. The zero-order valence-electron chi connectivity index (χ0n) is 20.3. The molecular weight excluding hydrogens is 478 g/mol. The lowest BCUT2D eigenvalue weighted by atomic mass is 9.96. The van der Waals surface area contributed by atoms with Crippen LogP contribution < -0.4 is 5.32 Å². The van der Waals surface area contributed by atoms with E-state index in [1.807, 2.05) is 36.5 Å². The zero-order chi connectivity index (χ0) is 24.4. The molecule has 2 atom stereocenters. The van der Waals surface area contributed by atoms with Crippen LogP contribution in [-0.2, 0) is 4.74 Å². The molecule has 4 heterocycles. The van der Waals surface area contributed by atoms with Crippen molar-refractivity contribution >= 4 is 28.9 Å². The number of morpholine rings is 1. The summed E-state index contributed by atoms with van der Waals surface area (Å²) < 4.78 is 7.79. The van der Waals surface area contributed by atoms with Crippen molar-refractivity contribution in [3.05, 3.63) is 82.4 Å². The minimum Gasteiger partial charge on any atom is -0.379 e. The zero-order valence-corrected chi connectivity index (χ0v) is 21.9. The summed E-state index contributed by atoms with van der Waals surface area (Å²) in [5, 5.41) is 5.12. The highest BCUT2D eigenvalue weighted by molar-refractivity contribution is 7.80. The van der Waals surface area contributed by atoms with Crippen LogP contribution in [0, 0.1) is 13.8 Å². The number of halogens is 1. The van der Waals surface area contributed by atoms with Crippen LogP contribution in [-0.4, -0.2) is 63.9 Å². The molecule has 1 aromatic carbocycles. The molecule has 2 fully saturated rings. The van der Waals surface area contributed by atoms with Gasteiger partial charge in [0, 0.05) is 54.5 Å². The number of benzene rings is 1. The lowest BCUT2D eigenvalue weighted by molar-refractivity contribution is 0.0365. The smallest absolute Gasteiger partial charge is 0.170 e. The maximum Gasteiger partial charge on any atom is 0.170 e. The molecule has 0 unspecified atom stereocenters. The third-order valence-electron chi connectivity index (χ3n) is 7.03. The number of aromatic nitrogens is 2. The number of hydrogen-bond acceptors (Lipinski definition) is 4. The largest absolute Gasteiger partial charge is 0.379 e. The molecule has 0 bridgehead atoms. The molecule has 1 N–H and O–H groups in total. The Morgan fingerprint density at radius 1 is 1.09 bits per heavy atom. The van der Waals surface area contributed by atoms with Gasteiger partial charge >= 0.3 is 0 Å². The number of hydrogen-bond donors (Lipinski definition) is 1. The summed E-state index contributed by atoms with van der Waals surface area (Å²) in [7, 11) is 0. The highest BCUT2D eigenvalue weighted by atomic mass is 35.5. The maximum atomic E-state index is 6.33. The Labute approximate surface area is 217 Å². The molecule has 0 saturated carbocycles. The Morgan fingerprint density at radius 2 is 1.91 bits per heavy atom. The second-order valence-corrected chi connectivity index (χ2v) is 10.1. The fourth-order valence-electron chi connectivity index (χ4n) is 5.37. The van der Waals surface area contributed by atoms with Crippen molar-refractivity contribution < 1.29 is 4.74 Å². The molecule has 0 spiro atoms. The Bertz CT molecular complexity index is 1180. The van der Waals surface area contributed by atoms with Gasteiger partial charge in [0.15, 0.2) is 5.11 Å². The minimum atomic E-state index is -0.0135. The summed E-state index contributed by atoms with van der Waals surface area (Å²) >= 11 is 12.2. The molecule has 184 valence electrons. The van der Waals surface area contributed by atoms with Crippen LogP contribution in [0.15, 0.2) is 54.7 Å². The fraction of sp³-hybridized carbons (Fsp3) is 0.407. The molecule has 0 aliphatic carbocycles. The molecule has 6 nitrogen and oxygen atoms in total. The SMILES string of the molecule is Cc1cc([C@@H]2[C@H](c3ccccn3)NC(=S)N2CCCN2CCOCC2)c(C)n1-c1cccc(Cl)c1. The van der Waals surface area contributed by atoms with E-state index >= 15 is 0 Å². The second-order valence-electron chi connectivity index (χ2n) is 9.27. The van der Waals surface area contributed by atoms with Gasteiger partial charge in [0.2, 0.25) is 0 Å². The van der Waals surface area contributed by atoms with Crippen LogP contribution in [0.2, 0.25) is 5.02 Å². The summed E-state index contributed by atoms with van der Waals surface area (Å²) in [6, 6.07) is 16.4. The van der Waals surface area contributed by atoms with E-state index in [2.05, 4.69) is 51.7 Å². The predicted molar refractivity (Wildman–Crippen MR) is 144 cm³/mol. The van der Waals surface area contributed by atoms with Crippen molar-refractivity contribution in [3.8, 4) is 5.69 Å². The molecule has 3 aromatic rings. The van der Waals surface area contributed by atoms with Crippen LogP contribution >= 0.6 is 23.8 Å². The Kier molecular flexibility index (Phi) is 7.39. The van der Waals surface area contributed by atoms with E-state index in [4.69, 9.17) is 33.5 Å². The first kappa shape index (κ1) is 24.3. The number of nitrogens with zero attached hydrogens (tertiary/aromatic N) is 4. The van der Waals surface area contributed by atoms with E-state index in [1.165, 1.54) is 17.0 Å². The predicted octanol–water partition coefficient (Wildman–Crippen LogP) is 4.84. The Balaban J connectivity index is 1.47. The van der Waals surface area contributed by atoms with Gasteiger partial charge in [0.1, 0.15) is 0 Å². The van der Waals surface area contributed by atoms with E-state index < -0.39 is 0 Å².